The van der Waals surface area contributed by atoms with E-state index in [1.807, 2.05) is 11.0 Å². The van der Waals surface area contributed by atoms with Gasteiger partial charge in [-0.05, 0) is 50.3 Å². The fraction of sp³-hybridized carbons (Fsp3) is 0.438. The van der Waals surface area contributed by atoms with Gasteiger partial charge in [0.15, 0.2) is 0 Å². The van der Waals surface area contributed by atoms with Gasteiger partial charge in [0, 0.05) is 12.1 Å². The normalized spacial score (nSPS) is 17.1. The van der Waals surface area contributed by atoms with Crippen LogP contribution in [0.1, 0.15) is 57.5 Å². The van der Waals surface area contributed by atoms with Crippen molar-refractivity contribution < 1.29 is 9.59 Å². The number of nitrogens with zero attached hydrogens (tertiary/aromatic N) is 2. The maximum Gasteiger partial charge on any atom is 0.255 e. The number of amides is 2. The molecule has 0 saturated heterocycles. The molecule has 21 heavy (non-hydrogen) atoms. The summed E-state index contributed by atoms with van der Waals surface area (Å²) in [5.74, 6) is -0.777. The number of rotatable bonds is 4. The molecule has 0 spiro atoms. The van der Waals surface area contributed by atoms with Gasteiger partial charge >= 0.3 is 0 Å². The number of nitrogens with two attached hydrogens (primary N) is 1. The quantitative estimate of drug-likeness (QED) is 0.912. The highest BCUT2D eigenvalue weighted by Gasteiger charge is 2.43. The molecule has 0 atom stereocenters. The molecule has 0 aliphatic heterocycles. The number of hydrogen-bond acceptors (Lipinski definition) is 3. The van der Waals surface area contributed by atoms with Crippen molar-refractivity contribution in [3.05, 3.63) is 34.4 Å². The van der Waals surface area contributed by atoms with E-state index in [9.17, 15) is 9.59 Å². The predicted octanol–water partition coefficient (Wildman–Crippen LogP) is 1.73. The zero-order chi connectivity index (χ0) is 15.1. The number of carbonyl (C=O) groups is 2. The second-order valence-electron chi connectivity index (χ2n) is 5.87. The first-order valence-electron chi connectivity index (χ1n) is 7.20. The Morgan fingerprint density at radius 3 is 2.24 bits per heavy atom. The van der Waals surface area contributed by atoms with Gasteiger partial charge in [0.25, 0.3) is 5.91 Å². The summed E-state index contributed by atoms with van der Waals surface area (Å²) in [6.07, 6.45) is 4.08. The lowest BCUT2D eigenvalue weighted by Crippen LogP contribution is -2.36. The van der Waals surface area contributed by atoms with Gasteiger partial charge < -0.3 is 10.6 Å². The van der Waals surface area contributed by atoms with Gasteiger partial charge in [0.05, 0.1) is 22.8 Å². The van der Waals surface area contributed by atoms with Crippen LogP contribution in [0.5, 0.6) is 0 Å². The molecule has 0 heterocycles. The van der Waals surface area contributed by atoms with E-state index in [2.05, 4.69) is 0 Å². The standard InChI is InChI=1S/C16H17N3O2/c1-9-6-10(8-17)7-13(14(9)15(18)20)16(21)19(11-2-3-11)12-4-5-12/h6-7,11-12H,2-5H2,1H3,(H2,18,20). The van der Waals surface area contributed by atoms with Crippen LogP contribution in [0.4, 0.5) is 0 Å². The smallest absolute Gasteiger partial charge is 0.255 e. The minimum absolute atomic E-state index is 0.158. The number of benzene rings is 1. The molecule has 0 unspecified atom stereocenters. The SMILES string of the molecule is Cc1cc(C#N)cc(C(=O)N(C2CC2)C2CC2)c1C(N)=O. The summed E-state index contributed by atoms with van der Waals surface area (Å²) in [7, 11) is 0. The molecular weight excluding hydrogens is 266 g/mol. The number of hydrogen-bond donors (Lipinski definition) is 1. The third-order valence-corrected chi connectivity index (χ3v) is 4.06. The minimum atomic E-state index is -0.619. The Morgan fingerprint density at radius 1 is 1.24 bits per heavy atom. The van der Waals surface area contributed by atoms with Gasteiger partial charge in [-0.1, -0.05) is 0 Å². The topological polar surface area (TPSA) is 87.2 Å². The van der Waals surface area contributed by atoms with Crippen LogP contribution in [0.25, 0.3) is 0 Å². The number of carbonyl (C=O) groups excluding carboxylic acids is 2. The maximum atomic E-state index is 12.9. The first-order chi connectivity index (χ1) is 10.0. The summed E-state index contributed by atoms with van der Waals surface area (Å²) in [6, 6.07) is 5.70. The second-order valence-corrected chi connectivity index (χ2v) is 5.87. The van der Waals surface area contributed by atoms with Crippen LogP contribution in [0.2, 0.25) is 0 Å². The van der Waals surface area contributed by atoms with Gasteiger partial charge in [-0.2, -0.15) is 5.26 Å². The number of primary amides is 1. The highest BCUT2D eigenvalue weighted by Crippen LogP contribution is 2.38. The van der Waals surface area contributed by atoms with Crippen molar-refractivity contribution in [2.45, 2.75) is 44.7 Å². The second kappa shape index (κ2) is 4.88. The van der Waals surface area contributed by atoms with E-state index in [1.54, 1.807) is 13.0 Å². The third-order valence-electron chi connectivity index (χ3n) is 4.06. The Balaban J connectivity index is 2.07. The zero-order valence-electron chi connectivity index (χ0n) is 11.9. The first-order valence-corrected chi connectivity index (χ1v) is 7.20. The van der Waals surface area contributed by atoms with Crippen LogP contribution in [-0.4, -0.2) is 28.8 Å². The molecule has 3 rings (SSSR count). The van der Waals surface area contributed by atoms with E-state index in [1.165, 1.54) is 6.07 Å². The highest BCUT2D eigenvalue weighted by atomic mass is 16.2. The molecule has 1 aromatic rings. The lowest BCUT2D eigenvalue weighted by atomic mass is 9.97. The lowest BCUT2D eigenvalue weighted by Gasteiger charge is -2.23. The van der Waals surface area contributed by atoms with E-state index in [0.717, 1.165) is 25.7 Å². The van der Waals surface area contributed by atoms with Crippen molar-refractivity contribution in [1.29, 1.82) is 5.26 Å². The highest BCUT2D eigenvalue weighted by molar-refractivity contribution is 6.08. The summed E-state index contributed by atoms with van der Waals surface area (Å²) in [5, 5.41) is 9.09. The van der Waals surface area contributed by atoms with Gasteiger partial charge in [-0.25, -0.2) is 0 Å². The molecule has 0 aromatic heterocycles. The Labute approximate surface area is 123 Å². The first kappa shape index (κ1) is 13.6. The molecule has 5 heteroatoms. The van der Waals surface area contributed by atoms with Crippen LogP contribution in [0.15, 0.2) is 12.1 Å². The molecule has 2 aliphatic rings. The molecule has 108 valence electrons. The Morgan fingerprint density at radius 2 is 1.81 bits per heavy atom. The van der Waals surface area contributed by atoms with E-state index in [-0.39, 0.29) is 29.1 Å². The van der Waals surface area contributed by atoms with E-state index in [0.29, 0.717) is 11.1 Å². The molecule has 5 nitrogen and oxygen atoms in total. The van der Waals surface area contributed by atoms with Crippen molar-refractivity contribution in [2.24, 2.45) is 5.73 Å². The van der Waals surface area contributed by atoms with Crippen LogP contribution >= 0.6 is 0 Å². The van der Waals surface area contributed by atoms with Crippen molar-refractivity contribution in [3.8, 4) is 6.07 Å². The average Bonchev–Trinajstić information content (AvgIpc) is 3.31. The summed E-state index contributed by atoms with van der Waals surface area (Å²) in [6.45, 7) is 1.70. The monoisotopic (exact) mass is 283 g/mol. The molecular formula is C16H17N3O2. The van der Waals surface area contributed by atoms with Gasteiger partial charge in [-0.3, -0.25) is 9.59 Å². The van der Waals surface area contributed by atoms with Crippen molar-refractivity contribution in [1.82, 2.24) is 4.90 Å². The van der Waals surface area contributed by atoms with Gasteiger partial charge in [0.1, 0.15) is 0 Å². The van der Waals surface area contributed by atoms with E-state index >= 15 is 0 Å². The van der Waals surface area contributed by atoms with E-state index < -0.39 is 5.91 Å². The summed E-state index contributed by atoms with van der Waals surface area (Å²) in [4.78, 5) is 26.5. The number of aryl methyl sites for hydroxylation is 1. The van der Waals surface area contributed by atoms with Crippen molar-refractivity contribution in [3.63, 3.8) is 0 Å². The average molecular weight is 283 g/mol. The molecule has 0 bridgehead atoms. The Hall–Kier alpha value is -2.35. The fourth-order valence-corrected chi connectivity index (χ4v) is 2.82. The molecule has 2 N–H and O–H groups in total. The molecule has 2 aliphatic carbocycles. The summed E-state index contributed by atoms with van der Waals surface area (Å²) < 4.78 is 0. The lowest BCUT2D eigenvalue weighted by molar-refractivity contribution is 0.0725. The third kappa shape index (κ3) is 2.49. The van der Waals surface area contributed by atoms with Crippen molar-refractivity contribution >= 4 is 11.8 Å². The maximum absolute atomic E-state index is 12.9. The fourth-order valence-electron chi connectivity index (χ4n) is 2.82. The van der Waals surface area contributed by atoms with Gasteiger partial charge in [0.2, 0.25) is 5.91 Å². The molecule has 1 aromatic carbocycles. The molecule has 2 amide bonds. The minimum Gasteiger partial charge on any atom is -0.366 e. The Kier molecular flexibility index (Phi) is 3.17. The van der Waals surface area contributed by atoms with Crippen LogP contribution < -0.4 is 5.73 Å². The summed E-state index contributed by atoms with van der Waals surface area (Å²) >= 11 is 0. The van der Waals surface area contributed by atoms with Gasteiger partial charge in [-0.15, -0.1) is 0 Å². The van der Waals surface area contributed by atoms with Crippen LogP contribution in [0, 0.1) is 18.3 Å². The predicted molar refractivity (Wildman–Crippen MR) is 76.6 cm³/mol. The summed E-state index contributed by atoms with van der Waals surface area (Å²) in [5.41, 5.74) is 6.91. The Bertz CT molecular complexity index is 655. The molecule has 0 radical (unpaired) electrons. The van der Waals surface area contributed by atoms with Crippen LogP contribution in [-0.2, 0) is 0 Å². The van der Waals surface area contributed by atoms with Crippen molar-refractivity contribution in [2.75, 3.05) is 0 Å². The molecule has 2 fully saturated rings. The number of nitriles is 1. The van der Waals surface area contributed by atoms with Crippen LogP contribution in [0.3, 0.4) is 0 Å². The molecule has 2 saturated carbocycles. The zero-order valence-corrected chi connectivity index (χ0v) is 11.9. The van der Waals surface area contributed by atoms with E-state index in [4.69, 9.17) is 11.0 Å². The largest absolute Gasteiger partial charge is 0.366 e.